The van der Waals surface area contributed by atoms with Gasteiger partial charge in [0.15, 0.2) is 11.5 Å². The van der Waals surface area contributed by atoms with Crippen molar-refractivity contribution in [2.45, 2.75) is 46.5 Å². The van der Waals surface area contributed by atoms with Crippen LogP contribution in [0.4, 0.5) is 0 Å². The van der Waals surface area contributed by atoms with E-state index in [0.29, 0.717) is 23.5 Å². The lowest BCUT2D eigenvalue weighted by Crippen LogP contribution is -2.10. The number of carbonyl (C=O) groups excluding carboxylic acids is 1. The summed E-state index contributed by atoms with van der Waals surface area (Å²) < 4.78 is 12.4. The van der Waals surface area contributed by atoms with Gasteiger partial charge in [-0.15, -0.1) is 0 Å². The summed E-state index contributed by atoms with van der Waals surface area (Å²) in [6.07, 6.45) is 2.98. The zero-order valence-corrected chi connectivity index (χ0v) is 17.7. The van der Waals surface area contributed by atoms with E-state index >= 15 is 0 Å². The minimum atomic E-state index is -0.693. The maximum absolute atomic E-state index is 12.8. The van der Waals surface area contributed by atoms with Crippen LogP contribution in [0.25, 0.3) is 0 Å². The maximum Gasteiger partial charge on any atom is 0.303 e. The average molecular weight is 389 g/mol. The van der Waals surface area contributed by atoms with Gasteiger partial charge in [-0.3, -0.25) is 9.59 Å². The smallest absolute Gasteiger partial charge is 0.303 e. The third-order valence-electron chi connectivity index (χ3n) is 4.49. The van der Waals surface area contributed by atoms with Gasteiger partial charge in [0.2, 0.25) is 5.78 Å². The quantitative estimate of drug-likeness (QED) is 0.677. The van der Waals surface area contributed by atoms with Gasteiger partial charge in [0.25, 0.3) is 0 Å². The molecule has 2 aromatic rings. The maximum atomic E-state index is 12.8. The number of aromatic nitrogens is 1. The standard InChI is InChI=1S/C17H21NO3.C5H10O2/c1-6-13-9-11(2)16(18(13)3)17(19)12-7-8-14(20-4)15(10-12)21-5;1-2-3-4-5(6)7/h7-10H,6H2,1-5H3;2-4H2,1H3,(H,6,7). The second-order valence-electron chi connectivity index (χ2n) is 6.48. The molecule has 2 rings (SSSR count). The monoisotopic (exact) mass is 389 g/mol. The lowest BCUT2D eigenvalue weighted by molar-refractivity contribution is -0.137. The highest BCUT2D eigenvalue weighted by Crippen LogP contribution is 2.29. The molecule has 0 aliphatic rings. The number of aryl methyl sites for hydroxylation is 2. The first kappa shape index (κ1) is 23.3. The van der Waals surface area contributed by atoms with Gasteiger partial charge in [-0.2, -0.15) is 0 Å². The topological polar surface area (TPSA) is 77.8 Å². The number of hydrogen-bond acceptors (Lipinski definition) is 4. The van der Waals surface area contributed by atoms with Crippen molar-refractivity contribution in [3.8, 4) is 11.5 Å². The molecule has 0 bridgehead atoms. The van der Waals surface area contributed by atoms with Crippen LogP contribution in [0.1, 0.15) is 60.4 Å². The van der Waals surface area contributed by atoms with Crippen LogP contribution in [-0.2, 0) is 18.3 Å². The Balaban J connectivity index is 0.000000480. The molecular weight excluding hydrogens is 358 g/mol. The summed E-state index contributed by atoms with van der Waals surface area (Å²) in [7, 11) is 5.07. The van der Waals surface area contributed by atoms with Gasteiger partial charge in [-0.25, -0.2) is 0 Å². The number of ether oxygens (including phenoxy) is 2. The number of unbranched alkanes of at least 4 members (excludes halogenated alkanes) is 1. The van der Waals surface area contributed by atoms with E-state index in [4.69, 9.17) is 14.6 Å². The van der Waals surface area contributed by atoms with Crippen LogP contribution < -0.4 is 9.47 Å². The predicted octanol–water partition coefficient (Wildman–Crippen LogP) is 4.41. The van der Waals surface area contributed by atoms with Crippen molar-refractivity contribution >= 4 is 11.8 Å². The Bertz CT molecular complexity index is 807. The van der Waals surface area contributed by atoms with E-state index in [1.807, 2.05) is 25.5 Å². The molecule has 0 atom stereocenters. The molecule has 0 saturated heterocycles. The summed E-state index contributed by atoms with van der Waals surface area (Å²) >= 11 is 0. The molecule has 0 fully saturated rings. The van der Waals surface area contributed by atoms with E-state index in [1.165, 1.54) is 0 Å². The molecule has 0 amide bonds. The minimum absolute atomic E-state index is 0.00402. The predicted molar refractivity (Wildman–Crippen MR) is 110 cm³/mol. The van der Waals surface area contributed by atoms with E-state index in [-0.39, 0.29) is 5.78 Å². The number of carboxylic acids is 1. The molecule has 1 heterocycles. The third kappa shape index (κ3) is 5.87. The van der Waals surface area contributed by atoms with Gasteiger partial charge in [0.1, 0.15) is 0 Å². The van der Waals surface area contributed by atoms with Crippen molar-refractivity contribution in [1.82, 2.24) is 4.57 Å². The second kappa shape index (κ2) is 11.2. The van der Waals surface area contributed by atoms with Crippen molar-refractivity contribution in [2.75, 3.05) is 14.2 Å². The Kier molecular flexibility index (Phi) is 9.28. The number of carboxylic acid groups (broad SMARTS) is 1. The largest absolute Gasteiger partial charge is 0.493 e. The van der Waals surface area contributed by atoms with E-state index in [1.54, 1.807) is 32.4 Å². The van der Waals surface area contributed by atoms with Crippen LogP contribution >= 0.6 is 0 Å². The SMILES string of the molecule is CCCCC(=O)O.CCc1cc(C)c(C(=O)c2ccc(OC)c(OC)c2)n1C. The lowest BCUT2D eigenvalue weighted by Gasteiger charge is -2.10. The van der Waals surface area contributed by atoms with Crippen LogP contribution in [0.3, 0.4) is 0 Å². The van der Waals surface area contributed by atoms with Crippen molar-refractivity contribution in [1.29, 1.82) is 0 Å². The molecular formula is C22H31NO5. The highest BCUT2D eigenvalue weighted by atomic mass is 16.5. The Morgan fingerprint density at radius 1 is 1.07 bits per heavy atom. The number of rotatable bonds is 8. The number of carbonyl (C=O) groups is 2. The normalized spacial score (nSPS) is 10.1. The fourth-order valence-corrected chi connectivity index (χ4v) is 2.94. The lowest BCUT2D eigenvalue weighted by atomic mass is 10.1. The minimum Gasteiger partial charge on any atom is -0.493 e. The first-order chi connectivity index (χ1) is 13.3. The summed E-state index contributed by atoms with van der Waals surface area (Å²) in [6, 6.07) is 7.31. The molecule has 0 unspecified atom stereocenters. The number of ketones is 1. The summed E-state index contributed by atoms with van der Waals surface area (Å²) in [4.78, 5) is 22.5. The Morgan fingerprint density at radius 3 is 2.14 bits per heavy atom. The van der Waals surface area contributed by atoms with Crippen molar-refractivity contribution < 1.29 is 24.2 Å². The van der Waals surface area contributed by atoms with Gasteiger partial charge in [0.05, 0.1) is 19.9 Å². The number of aliphatic carboxylic acids is 1. The fourth-order valence-electron chi connectivity index (χ4n) is 2.94. The highest BCUT2D eigenvalue weighted by molar-refractivity contribution is 6.09. The second-order valence-corrected chi connectivity index (χ2v) is 6.48. The molecule has 28 heavy (non-hydrogen) atoms. The fraction of sp³-hybridized carbons (Fsp3) is 0.455. The summed E-state index contributed by atoms with van der Waals surface area (Å²) in [5.41, 5.74) is 3.46. The molecule has 0 saturated carbocycles. The van der Waals surface area contributed by atoms with E-state index in [9.17, 15) is 9.59 Å². The van der Waals surface area contributed by atoms with Gasteiger partial charge >= 0.3 is 5.97 Å². The van der Waals surface area contributed by atoms with Crippen molar-refractivity contribution in [3.05, 3.63) is 46.8 Å². The third-order valence-corrected chi connectivity index (χ3v) is 4.49. The van der Waals surface area contributed by atoms with Crippen LogP contribution in [0, 0.1) is 6.92 Å². The summed E-state index contributed by atoms with van der Waals surface area (Å²) in [5.74, 6) is 0.482. The van der Waals surface area contributed by atoms with E-state index in [2.05, 4.69) is 13.0 Å². The van der Waals surface area contributed by atoms with E-state index in [0.717, 1.165) is 36.2 Å². The molecule has 6 nitrogen and oxygen atoms in total. The highest BCUT2D eigenvalue weighted by Gasteiger charge is 2.19. The molecule has 6 heteroatoms. The molecule has 0 radical (unpaired) electrons. The Morgan fingerprint density at radius 2 is 1.71 bits per heavy atom. The Hall–Kier alpha value is -2.76. The van der Waals surface area contributed by atoms with Crippen LogP contribution in [0.15, 0.2) is 24.3 Å². The number of methoxy groups -OCH3 is 2. The van der Waals surface area contributed by atoms with Gasteiger partial charge in [-0.1, -0.05) is 20.3 Å². The van der Waals surface area contributed by atoms with Crippen LogP contribution in [-0.4, -0.2) is 35.6 Å². The van der Waals surface area contributed by atoms with Crippen LogP contribution in [0.5, 0.6) is 11.5 Å². The van der Waals surface area contributed by atoms with Gasteiger partial charge in [0, 0.05) is 24.7 Å². The molecule has 1 aromatic heterocycles. The molecule has 0 aliphatic heterocycles. The van der Waals surface area contributed by atoms with Crippen molar-refractivity contribution in [3.63, 3.8) is 0 Å². The molecule has 0 spiro atoms. The molecule has 154 valence electrons. The molecule has 0 aliphatic carbocycles. The number of nitrogens with zero attached hydrogens (tertiary/aromatic N) is 1. The molecule has 1 aromatic carbocycles. The zero-order valence-electron chi connectivity index (χ0n) is 17.7. The number of hydrogen-bond donors (Lipinski definition) is 1. The first-order valence-corrected chi connectivity index (χ1v) is 9.44. The van der Waals surface area contributed by atoms with Crippen molar-refractivity contribution in [2.24, 2.45) is 7.05 Å². The van der Waals surface area contributed by atoms with Crippen LogP contribution in [0.2, 0.25) is 0 Å². The summed E-state index contributed by atoms with van der Waals surface area (Å²) in [5, 5.41) is 8.04. The first-order valence-electron chi connectivity index (χ1n) is 9.44. The van der Waals surface area contributed by atoms with E-state index < -0.39 is 5.97 Å². The summed E-state index contributed by atoms with van der Waals surface area (Å²) in [6.45, 7) is 6.02. The van der Waals surface area contributed by atoms with Gasteiger partial charge in [-0.05, 0) is 49.6 Å². The van der Waals surface area contributed by atoms with Gasteiger partial charge < -0.3 is 19.1 Å². The number of benzene rings is 1. The Labute approximate surface area is 167 Å². The molecule has 1 N–H and O–H groups in total. The average Bonchev–Trinajstić information content (AvgIpc) is 2.98. The zero-order chi connectivity index (χ0) is 21.3.